The number of aliphatic imine (C=N–C) groups is 1. The van der Waals surface area contributed by atoms with Gasteiger partial charge in [-0.15, -0.1) is 24.0 Å². The number of hydrogen-bond acceptors (Lipinski definition) is 3. The van der Waals surface area contributed by atoms with Crippen LogP contribution in [-0.4, -0.2) is 53.9 Å². The second kappa shape index (κ2) is 9.88. The molecule has 6 nitrogen and oxygen atoms in total. The Bertz CT molecular complexity index is 846. The van der Waals surface area contributed by atoms with Crippen LogP contribution in [0.4, 0.5) is 18.9 Å². The molecule has 0 unspecified atom stereocenters. The number of nitrogens with zero attached hydrogens (tertiary/aromatic N) is 5. The number of benzene rings is 1. The van der Waals surface area contributed by atoms with Crippen molar-refractivity contribution in [2.24, 2.45) is 12.0 Å². The third kappa shape index (κ3) is 5.91. The summed E-state index contributed by atoms with van der Waals surface area (Å²) < 4.78 is 40.5. The predicted octanol–water partition coefficient (Wildman–Crippen LogP) is 3.61. The van der Waals surface area contributed by atoms with E-state index in [2.05, 4.69) is 20.3 Å². The molecule has 3 rings (SSSR count). The first-order valence-corrected chi connectivity index (χ1v) is 9.21. The normalized spacial score (nSPS) is 15.3. The van der Waals surface area contributed by atoms with Crippen molar-refractivity contribution in [3.05, 3.63) is 46.7 Å². The molecule has 0 bridgehead atoms. The molecular weight excluding hydrogens is 520 g/mol. The van der Waals surface area contributed by atoms with Gasteiger partial charge in [-0.05, 0) is 18.2 Å². The van der Waals surface area contributed by atoms with Gasteiger partial charge in [-0.25, -0.2) is 0 Å². The Morgan fingerprint density at radius 2 is 1.93 bits per heavy atom. The van der Waals surface area contributed by atoms with Gasteiger partial charge in [-0.3, -0.25) is 9.67 Å². The van der Waals surface area contributed by atoms with Crippen LogP contribution in [0.1, 0.15) is 11.3 Å². The number of guanidine groups is 1. The third-order valence-corrected chi connectivity index (χ3v) is 4.81. The Hall–Kier alpha value is -1.69. The fourth-order valence-corrected chi connectivity index (χ4v) is 3.45. The lowest BCUT2D eigenvalue weighted by atomic mass is 10.2. The lowest BCUT2D eigenvalue weighted by Gasteiger charge is -2.37. The fourth-order valence-electron chi connectivity index (χ4n) is 3.26. The first-order chi connectivity index (χ1) is 13.3. The van der Waals surface area contributed by atoms with Gasteiger partial charge < -0.3 is 15.1 Å². The molecule has 0 spiro atoms. The molecule has 160 valence electrons. The Labute approximate surface area is 189 Å². The number of halogens is 5. The number of piperazine rings is 1. The third-order valence-electron chi connectivity index (χ3n) is 4.57. The van der Waals surface area contributed by atoms with E-state index in [1.165, 1.54) is 17.9 Å². The van der Waals surface area contributed by atoms with Crippen molar-refractivity contribution in [2.45, 2.75) is 12.7 Å². The van der Waals surface area contributed by atoms with Gasteiger partial charge in [0.1, 0.15) is 0 Å². The Balaban J connectivity index is 0.00000300. The number of alkyl halides is 3. The molecule has 2 heterocycles. The summed E-state index contributed by atoms with van der Waals surface area (Å²) in [5.74, 6) is 0.572. The van der Waals surface area contributed by atoms with Crippen LogP contribution in [0.25, 0.3) is 0 Å². The summed E-state index contributed by atoms with van der Waals surface area (Å²) in [7, 11) is 3.10. The van der Waals surface area contributed by atoms with Crippen LogP contribution in [0.5, 0.6) is 0 Å². The van der Waals surface area contributed by atoms with Gasteiger partial charge in [-0.1, -0.05) is 17.7 Å². The summed E-state index contributed by atoms with van der Waals surface area (Å²) in [4.78, 5) is 8.47. The molecule has 11 heteroatoms. The van der Waals surface area contributed by atoms with E-state index < -0.39 is 11.9 Å². The fraction of sp³-hybridized carbons (Fsp3) is 0.444. The van der Waals surface area contributed by atoms with E-state index in [1.54, 1.807) is 7.05 Å². The largest absolute Gasteiger partial charge is 0.435 e. The Morgan fingerprint density at radius 1 is 1.24 bits per heavy atom. The zero-order valence-corrected chi connectivity index (χ0v) is 19.2. The van der Waals surface area contributed by atoms with E-state index in [0.29, 0.717) is 24.1 Å². The van der Waals surface area contributed by atoms with Crippen LogP contribution >= 0.6 is 35.6 Å². The highest BCUT2D eigenvalue weighted by Gasteiger charge is 2.36. The quantitative estimate of drug-likeness (QED) is 0.366. The molecule has 1 aromatic heterocycles. The lowest BCUT2D eigenvalue weighted by Crippen LogP contribution is -2.52. The summed E-state index contributed by atoms with van der Waals surface area (Å²) in [6, 6.07) is 7.68. The maximum absolute atomic E-state index is 13.1. The lowest BCUT2D eigenvalue weighted by molar-refractivity contribution is -0.142. The van der Waals surface area contributed by atoms with E-state index in [9.17, 15) is 13.2 Å². The molecule has 1 saturated heterocycles. The van der Waals surface area contributed by atoms with Crippen LogP contribution in [0.15, 0.2) is 35.5 Å². The highest BCUT2D eigenvalue weighted by molar-refractivity contribution is 14.0. The van der Waals surface area contributed by atoms with Gasteiger partial charge >= 0.3 is 6.18 Å². The summed E-state index contributed by atoms with van der Waals surface area (Å²) in [5, 5.41) is 7.25. The summed E-state index contributed by atoms with van der Waals surface area (Å²) in [6.07, 6.45) is -3.11. The van der Waals surface area contributed by atoms with E-state index in [0.717, 1.165) is 18.8 Å². The maximum atomic E-state index is 13.1. The average Bonchev–Trinajstić information content (AvgIpc) is 3.04. The maximum Gasteiger partial charge on any atom is 0.435 e. The molecule has 29 heavy (non-hydrogen) atoms. The zero-order valence-electron chi connectivity index (χ0n) is 16.1. The van der Waals surface area contributed by atoms with Crippen LogP contribution in [-0.2, 0) is 19.8 Å². The first kappa shape index (κ1) is 23.6. The average molecular weight is 543 g/mol. The number of aryl methyl sites for hydroxylation is 1. The van der Waals surface area contributed by atoms with Crippen molar-refractivity contribution in [3.63, 3.8) is 0 Å². The van der Waals surface area contributed by atoms with Crippen LogP contribution in [0.2, 0.25) is 5.02 Å². The van der Waals surface area contributed by atoms with Gasteiger partial charge in [0.15, 0.2) is 11.7 Å². The van der Waals surface area contributed by atoms with Crippen molar-refractivity contribution in [3.8, 4) is 0 Å². The second-order valence-corrected chi connectivity index (χ2v) is 6.97. The van der Waals surface area contributed by atoms with Gasteiger partial charge in [-0.2, -0.15) is 18.3 Å². The van der Waals surface area contributed by atoms with Crippen molar-refractivity contribution < 1.29 is 13.2 Å². The SMILES string of the molecule is CN=C(NCc1cn(C)nc1C(F)(F)F)N1CCN(c2cccc(Cl)c2)CC1.I. The highest BCUT2D eigenvalue weighted by atomic mass is 127. The van der Waals surface area contributed by atoms with E-state index in [-0.39, 0.29) is 36.1 Å². The predicted molar refractivity (Wildman–Crippen MR) is 119 cm³/mol. The molecular formula is C18H23ClF3IN6. The molecule has 1 aliphatic heterocycles. The van der Waals surface area contributed by atoms with Crippen molar-refractivity contribution in [1.29, 1.82) is 0 Å². The number of rotatable bonds is 3. The number of nitrogens with one attached hydrogen (secondary N) is 1. The molecule has 2 aromatic rings. The molecule has 0 atom stereocenters. The summed E-state index contributed by atoms with van der Waals surface area (Å²) in [6.45, 7) is 2.93. The minimum atomic E-state index is -4.48. The number of aromatic nitrogens is 2. The van der Waals surface area contributed by atoms with Crippen LogP contribution < -0.4 is 10.2 Å². The van der Waals surface area contributed by atoms with Crippen molar-refractivity contribution >= 4 is 47.2 Å². The molecule has 1 N–H and O–H groups in total. The highest BCUT2D eigenvalue weighted by Crippen LogP contribution is 2.30. The van der Waals surface area contributed by atoms with Gasteiger partial charge in [0.25, 0.3) is 0 Å². The molecule has 1 aliphatic rings. The van der Waals surface area contributed by atoms with Crippen LogP contribution in [0.3, 0.4) is 0 Å². The summed E-state index contributed by atoms with van der Waals surface area (Å²) >= 11 is 6.06. The number of hydrogen-bond donors (Lipinski definition) is 1. The van der Waals surface area contributed by atoms with Gasteiger partial charge in [0.2, 0.25) is 0 Å². The minimum absolute atomic E-state index is 0. The second-order valence-electron chi connectivity index (χ2n) is 6.53. The molecule has 1 fully saturated rings. The topological polar surface area (TPSA) is 48.7 Å². The van der Waals surface area contributed by atoms with Gasteiger partial charge in [0, 0.05) is 69.3 Å². The molecule has 0 radical (unpaired) electrons. The number of anilines is 1. The van der Waals surface area contributed by atoms with Gasteiger partial charge in [0.05, 0.1) is 0 Å². The van der Waals surface area contributed by atoms with Crippen molar-refractivity contribution in [1.82, 2.24) is 20.0 Å². The van der Waals surface area contributed by atoms with Crippen molar-refractivity contribution in [2.75, 3.05) is 38.1 Å². The summed E-state index contributed by atoms with van der Waals surface area (Å²) in [5.41, 5.74) is 0.276. The molecule has 0 saturated carbocycles. The van der Waals surface area contributed by atoms with E-state index in [4.69, 9.17) is 11.6 Å². The zero-order chi connectivity index (χ0) is 20.3. The van der Waals surface area contributed by atoms with E-state index in [1.807, 2.05) is 29.2 Å². The minimum Gasteiger partial charge on any atom is -0.368 e. The first-order valence-electron chi connectivity index (χ1n) is 8.84. The standard InChI is InChI=1S/C18H22ClF3N6.HI/c1-23-17(24-11-13-12-26(2)25-16(13)18(20,21)22)28-8-6-27(7-9-28)15-5-3-4-14(19)10-15;/h3-5,10,12H,6-9,11H2,1-2H3,(H,23,24);1H. The van der Waals surface area contributed by atoms with E-state index >= 15 is 0 Å². The monoisotopic (exact) mass is 542 g/mol. The Kier molecular flexibility index (Phi) is 8.03. The molecule has 1 aromatic carbocycles. The van der Waals surface area contributed by atoms with Crippen LogP contribution in [0, 0.1) is 0 Å². The molecule has 0 aliphatic carbocycles. The molecule has 0 amide bonds. The smallest absolute Gasteiger partial charge is 0.368 e. The Morgan fingerprint density at radius 3 is 2.52 bits per heavy atom.